The number of amides is 1. The number of nitrogens with one attached hydrogen (secondary N) is 2. The third-order valence-corrected chi connectivity index (χ3v) is 10.6. The number of hydrogen-bond acceptors (Lipinski definition) is 8. The average Bonchev–Trinajstić information content (AvgIpc) is 3.75. The van der Waals surface area contributed by atoms with Crippen LogP contribution in [-0.4, -0.2) is 56.3 Å². The molecule has 3 aromatic rings. The highest BCUT2D eigenvalue weighted by molar-refractivity contribution is 7.89. The van der Waals surface area contributed by atoms with Gasteiger partial charge in [-0.3, -0.25) is 14.0 Å². The predicted octanol–water partition coefficient (Wildman–Crippen LogP) is 2.99. The fourth-order valence-corrected chi connectivity index (χ4v) is 8.25. The van der Waals surface area contributed by atoms with E-state index in [4.69, 9.17) is 0 Å². The van der Waals surface area contributed by atoms with Gasteiger partial charge >= 0.3 is 0 Å². The molecule has 0 aliphatic heterocycles. The number of aryl methyl sites for hydroxylation is 3. The van der Waals surface area contributed by atoms with Crippen molar-refractivity contribution in [3.63, 3.8) is 0 Å². The Bertz CT molecular complexity index is 1430. The van der Waals surface area contributed by atoms with Crippen molar-refractivity contribution in [3.8, 4) is 0 Å². The maximum atomic E-state index is 13.8. The van der Waals surface area contributed by atoms with Crippen molar-refractivity contribution < 1.29 is 13.2 Å². The Kier molecular flexibility index (Phi) is 5.68. The largest absolute Gasteiger partial charge is 0.316 e. The van der Waals surface area contributed by atoms with E-state index in [2.05, 4.69) is 25.9 Å². The molecule has 11 nitrogen and oxygen atoms in total. The smallest absolute Gasteiger partial charge is 0.246 e. The number of nitrogens with zero attached hydrogens (tertiary/aromatic N) is 6. The molecule has 2 saturated carbocycles. The predicted molar refractivity (Wildman–Crippen MR) is 136 cm³/mol. The highest BCUT2D eigenvalue weighted by atomic mass is 32.2. The van der Waals surface area contributed by atoms with Crippen molar-refractivity contribution in [2.24, 2.45) is 13.0 Å². The van der Waals surface area contributed by atoms with Gasteiger partial charge in [-0.1, -0.05) is 0 Å². The molecule has 0 unspecified atom stereocenters. The van der Waals surface area contributed by atoms with E-state index in [9.17, 15) is 13.2 Å². The van der Waals surface area contributed by atoms with Gasteiger partial charge in [0.2, 0.25) is 21.9 Å². The number of sulfonamides is 1. The molecular weight excluding hydrogens is 500 g/mol. The molecule has 36 heavy (non-hydrogen) atoms. The Morgan fingerprint density at radius 2 is 2.00 bits per heavy atom. The average molecular weight is 531 g/mol. The zero-order valence-corrected chi connectivity index (χ0v) is 22.2. The second-order valence-corrected chi connectivity index (χ2v) is 13.1. The molecule has 3 aliphatic carbocycles. The molecule has 2 N–H and O–H groups in total. The van der Waals surface area contributed by atoms with Gasteiger partial charge in [-0.2, -0.15) is 9.40 Å². The van der Waals surface area contributed by atoms with Gasteiger partial charge in [0.25, 0.3) is 0 Å². The Morgan fingerprint density at radius 1 is 1.22 bits per heavy atom. The van der Waals surface area contributed by atoms with Gasteiger partial charge in [0, 0.05) is 43.0 Å². The number of rotatable bonds is 8. The summed E-state index contributed by atoms with van der Waals surface area (Å²) in [5.41, 5.74) is 1.70. The molecule has 1 atom stereocenters. The standard InChI is InChI=1S/C23H30N8O3S2/c1-13-10-19(29(2)28-13)25-23-27-24-12-31(23)16-8-9-18-17(11-16)20(36(33,34)30(3)15-6-7-15)22(35-18)26-21(32)14-4-5-14/h10,12,14-16H,4-9,11H2,1-3H3,(H,25,27)(H,26,32)/t16-/m0/s1. The summed E-state index contributed by atoms with van der Waals surface area (Å²) in [6, 6.07) is 1.95. The van der Waals surface area contributed by atoms with Crippen LogP contribution in [0.2, 0.25) is 0 Å². The Morgan fingerprint density at radius 3 is 2.67 bits per heavy atom. The lowest BCUT2D eigenvalue weighted by Crippen LogP contribution is -2.31. The normalized spacial score (nSPS) is 19.9. The van der Waals surface area contributed by atoms with E-state index in [0.717, 1.165) is 60.5 Å². The van der Waals surface area contributed by atoms with E-state index < -0.39 is 10.0 Å². The molecule has 0 radical (unpaired) electrons. The van der Waals surface area contributed by atoms with Crippen molar-refractivity contribution in [2.75, 3.05) is 17.7 Å². The summed E-state index contributed by atoms with van der Waals surface area (Å²) >= 11 is 1.42. The molecule has 0 aromatic carbocycles. The number of carbonyl (C=O) groups is 1. The highest BCUT2D eigenvalue weighted by Gasteiger charge is 2.41. The van der Waals surface area contributed by atoms with E-state index in [-0.39, 0.29) is 28.8 Å². The number of anilines is 3. The van der Waals surface area contributed by atoms with Crippen LogP contribution in [0.25, 0.3) is 0 Å². The van der Waals surface area contributed by atoms with Crippen molar-refractivity contribution in [1.82, 2.24) is 28.9 Å². The van der Waals surface area contributed by atoms with Crippen LogP contribution in [0.1, 0.15) is 54.3 Å². The first-order chi connectivity index (χ1) is 17.2. The third kappa shape index (κ3) is 4.22. The first-order valence-corrected chi connectivity index (χ1v) is 14.6. The van der Waals surface area contributed by atoms with Crippen molar-refractivity contribution >= 4 is 44.0 Å². The second kappa shape index (κ2) is 8.67. The van der Waals surface area contributed by atoms with Crippen LogP contribution in [0.4, 0.5) is 16.8 Å². The summed E-state index contributed by atoms with van der Waals surface area (Å²) < 4.78 is 32.8. The molecule has 0 bridgehead atoms. The molecule has 3 aromatic heterocycles. The first-order valence-electron chi connectivity index (χ1n) is 12.3. The van der Waals surface area contributed by atoms with Gasteiger partial charge in [-0.05, 0) is 57.4 Å². The van der Waals surface area contributed by atoms with E-state index in [1.165, 1.54) is 15.6 Å². The van der Waals surface area contributed by atoms with Crippen LogP contribution < -0.4 is 10.6 Å². The number of carbonyl (C=O) groups excluding carboxylic acids is 1. The molecule has 0 saturated heterocycles. The summed E-state index contributed by atoms with van der Waals surface area (Å²) in [6.45, 7) is 1.93. The summed E-state index contributed by atoms with van der Waals surface area (Å²) in [7, 11) is -0.233. The van der Waals surface area contributed by atoms with Crippen molar-refractivity contribution in [1.29, 1.82) is 0 Å². The van der Waals surface area contributed by atoms with Crippen LogP contribution >= 0.6 is 11.3 Å². The summed E-state index contributed by atoms with van der Waals surface area (Å²) in [4.78, 5) is 13.9. The molecule has 6 rings (SSSR count). The molecule has 192 valence electrons. The quantitative estimate of drug-likeness (QED) is 0.458. The van der Waals surface area contributed by atoms with Crippen LogP contribution in [0.15, 0.2) is 17.3 Å². The minimum atomic E-state index is -3.75. The monoisotopic (exact) mass is 530 g/mol. The topological polar surface area (TPSA) is 127 Å². The van der Waals surface area contributed by atoms with E-state index in [1.807, 2.05) is 24.6 Å². The van der Waals surface area contributed by atoms with Gasteiger partial charge < -0.3 is 10.6 Å². The fraction of sp³-hybridized carbons (Fsp3) is 0.565. The molecule has 2 fully saturated rings. The zero-order valence-electron chi connectivity index (χ0n) is 20.6. The molecule has 0 spiro atoms. The van der Waals surface area contributed by atoms with Gasteiger partial charge in [0.05, 0.1) is 5.69 Å². The van der Waals surface area contributed by atoms with Gasteiger partial charge in [0.15, 0.2) is 0 Å². The summed E-state index contributed by atoms with van der Waals surface area (Å²) in [5.74, 6) is 1.30. The van der Waals surface area contributed by atoms with Gasteiger partial charge in [-0.25, -0.2) is 8.42 Å². The highest BCUT2D eigenvalue weighted by Crippen LogP contribution is 2.46. The Hall–Kier alpha value is -2.77. The lowest BCUT2D eigenvalue weighted by atomic mass is 9.94. The van der Waals surface area contributed by atoms with Crippen LogP contribution in [0.5, 0.6) is 0 Å². The molecular formula is C23H30N8O3S2. The van der Waals surface area contributed by atoms with Crippen LogP contribution in [0, 0.1) is 12.8 Å². The van der Waals surface area contributed by atoms with Crippen molar-refractivity contribution in [3.05, 3.63) is 28.5 Å². The van der Waals surface area contributed by atoms with Crippen LogP contribution in [-0.2, 0) is 34.7 Å². The SMILES string of the molecule is Cc1cc(Nc2nncn2[C@H]2CCc3sc(NC(=O)C4CC4)c(S(=O)(=O)N(C)C4CC4)c3C2)n(C)n1. The molecule has 1 amide bonds. The number of fused-ring (bicyclic) bond motifs is 1. The van der Waals surface area contributed by atoms with E-state index in [1.54, 1.807) is 18.1 Å². The molecule has 3 aliphatic rings. The second-order valence-electron chi connectivity index (χ2n) is 10.1. The maximum absolute atomic E-state index is 13.8. The third-order valence-electron chi connectivity index (χ3n) is 7.28. The molecule has 3 heterocycles. The minimum Gasteiger partial charge on any atom is -0.316 e. The lowest BCUT2D eigenvalue weighted by Gasteiger charge is -2.26. The number of aromatic nitrogens is 5. The van der Waals surface area contributed by atoms with Gasteiger partial charge in [-0.15, -0.1) is 21.5 Å². The van der Waals surface area contributed by atoms with E-state index in [0.29, 0.717) is 17.4 Å². The first kappa shape index (κ1) is 23.6. The number of hydrogen-bond donors (Lipinski definition) is 2. The minimum absolute atomic E-state index is 0.00473. The van der Waals surface area contributed by atoms with Crippen LogP contribution in [0.3, 0.4) is 0 Å². The molecule has 13 heteroatoms. The lowest BCUT2D eigenvalue weighted by molar-refractivity contribution is -0.117. The van der Waals surface area contributed by atoms with Crippen molar-refractivity contribution in [2.45, 2.75) is 68.8 Å². The fourth-order valence-electron chi connectivity index (χ4n) is 4.91. The Labute approximate surface area is 213 Å². The summed E-state index contributed by atoms with van der Waals surface area (Å²) in [5, 5.41) is 19.5. The maximum Gasteiger partial charge on any atom is 0.246 e. The number of thiophene rings is 1. The van der Waals surface area contributed by atoms with E-state index >= 15 is 0 Å². The Balaban J connectivity index is 1.34. The van der Waals surface area contributed by atoms with Gasteiger partial charge in [0.1, 0.15) is 22.0 Å². The summed E-state index contributed by atoms with van der Waals surface area (Å²) in [6.07, 6.45) is 7.23. The zero-order chi connectivity index (χ0) is 25.2.